The van der Waals surface area contributed by atoms with E-state index in [0.717, 1.165) is 0 Å². The van der Waals surface area contributed by atoms with Crippen LogP contribution in [0.5, 0.6) is 0 Å². The summed E-state index contributed by atoms with van der Waals surface area (Å²) in [5, 5.41) is 15.0. The van der Waals surface area contributed by atoms with Crippen molar-refractivity contribution in [3.63, 3.8) is 0 Å². The van der Waals surface area contributed by atoms with Crippen molar-refractivity contribution < 1.29 is 23.6 Å². The number of amides is 1. The summed E-state index contributed by atoms with van der Waals surface area (Å²) in [6.45, 7) is 5.79. The number of benzene rings is 2. The van der Waals surface area contributed by atoms with E-state index in [-0.39, 0.29) is 22.6 Å². The van der Waals surface area contributed by atoms with Crippen LogP contribution in [0.3, 0.4) is 0 Å². The minimum Gasteiger partial charge on any atom is -0.507 e. The number of anilines is 1. The molecule has 4 rings (SSSR count). The van der Waals surface area contributed by atoms with Gasteiger partial charge in [0.05, 0.1) is 11.6 Å². The van der Waals surface area contributed by atoms with Crippen LogP contribution >= 0.6 is 0 Å². The lowest BCUT2D eigenvalue weighted by molar-refractivity contribution is -0.132. The first-order chi connectivity index (χ1) is 14.7. The number of hydrogen-bond acceptors (Lipinski definition) is 5. The third-order valence-electron chi connectivity index (χ3n) is 5.16. The van der Waals surface area contributed by atoms with Crippen molar-refractivity contribution in [2.24, 2.45) is 0 Å². The van der Waals surface area contributed by atoms with Gasteiger partial charge in [0.1, 0.15) is 17.3 Å². The Morgan fingerprint density at radius 1 is 1.06 bits per heavy atom. The summed E-state index contributed by atoms with van der Waals surface area (Å²) in [4.78, 5) is 27.2. The summed E-state index contributed by atoms with van der Waals surface area (Å²) in [6.07, 6.45) is 0. The Balaban J connectivity index is 1.92. The number of halogens is 1. The van der Waals surface area contributed by atoms with Crippen molar-refractivity contribution >= 4 is 23.3 Å². The maximum absolute atomic E-state index is 13.6. The summed E-state index contributed by atoms with van der Waals surface area (Å²) >= 11 is 0. The molecule has 0 unspecified atom stereocenters. The standard InChI is InChI=1S/C24H21FN2O4/c1-24(2,3)17-13-18(26-31-17)27-20(14-9-11-16(25)12-10-14)19(22(29)23(27)30)21(28)15-7-5-4-6-8-15/h4-13,20,28H,1-3H3/t20-/m1/s1. The van der Waals surface area contributed by atoms with Crippen LogP contribution in [0.15, 0.2) is 70.8 Å². The maximum Gasteiger partial charge on any atom is 0.301 e. The van der Waals surface area contributed by atoms with Crippen molar-refractivity contribution in [2.45, 2.75) is 32.2 Å². The topological polar surface area (TPSA) is 83.6 Å². The van der Waals surface area contributed by atoms with Crippen LogP contribution in [0.4, 0.5) is 10.2 Å². The Labute approximate surface area is 178 Å². The molecule has 158 valence electrons. The number of aliphatic hydroxyl groups is 1. The van der Waals surface area contributed by atoms with E-state index in [0.29, 0.717) is 16.9 Å². The highest BCUT2D eigenvalue weighted by Crippen LogP contribution is 2.42. The fourth-order valence-electron chi connectivity index (χ4n) is 3.51. The molecule has 1 amide bonds. The molecule has 0 saturated carbocycles. The van der Waals surface area contributed by atoms with E-state index in [4.69, 9.17) is 4.52 Å². The van der Waals surface area contributed by atoms with Gasteiger partial charge in [-0.15, -0.1) is 0 Å². The average Bonchev–Trinajstić information content (AvgIpc) is 3.33. The molecule has 6 nitrogen and oxygen atoms in total. The molecule has 1 aliphatic rings. The second kappa shape index (κ2) is 7.50. The van der Waals surface area contributed by atoms with E-state index < -0.39 is 23.5 Å². The van der Waals surface area contributed by atoms with E-state index in [1.54, 1.807) is 36.4 Å². The van der Waals surface area contributed by atoms with Crippen molar-refractivity contribution in [3.05, 3.63) is 88.9 Å². The van der Waals surface area contributed by atoms with E-state index in [1.165, 1.54) is 29.2 Å². The predicted octanol–water partition coefficient (Wildman–Crippen LogP) is 4.74. The van der Waals surface area contributed by atoms with E-state index in [1.807, 2.05) is 20.8 Å². The smallest absolute Gasteiger partial charge is 0.301 e. The molecule has 1 aromatic heterocycles. The highest BCUT2D eigenvalue weighted by molar-refractivity contribution is 6.51. The van der Waals surface area contributed by atoms with Gasteiger partial charge in [-0.3, -0.25) is 14.5 Å². The number of hydrogen-bond donors (Lipinski definition) is 1. The molecular weight excluding hydrogens is 399 g/mol. The number of nitrogens with zero attached hydrogens (tertiary/aromatic N) is 2. The largest absolute Gasteiger partial charge is 0.507 e. The van der Waals surface area contributed by atoms with E-state index >= 15 is 0 Å². The fraction of sp³-hybridized carbons (Fsp3) is 0.208. The fourth-order valence-corrected chi connectivity index (χ4v) is 3.51. The summed E-state index contributed by atoms with van der Waals surface area (Å²) in [6, 6.07) is 14.5. The van der Waals surface area contributed by atoms with Gasteiger partial charge in [-0.25, -0.2) is 4.39 Å². The number of aromatic nitrogens is 1. The summed E-state index contributed by atoms with van der Waals surface area (Å²) in [7, 11) is 0. The molecule has 0 radical (unpaired) electrons. The number of rotatable bonds is 3. The minimum atomic E-state index is -0.987. The molecule has 0 aliphatic carbocycles. The number of ketones is 1. The highest BCUT2D eigenvalue weighted by Gasteiger charge is 2.48. The normalized spacial score (nSPS) is 18.6. The van der Waals surface area contributed by atoms with E-state index in [2.05, 4.69) is 5.16 Å². The monoisotopic (exact) mass is 420 g/mol. The number of carbonyl (C=O) groups is 2. The summed E-state index contributed by atoms with van der Waals surface area (Å²) in [5.41, 5.74) is 0.387. The zero-order valence-electron chi connectivity index (χ0n) is 17.3. The summed E-state index contributed by atoms with van der Waals surface area (Å²) in [5.74, 6) is -1.79. The van der Waals surface area contributed by atoms with Gasteiger partial charge in [0.15, 0.2) is 5.82 Å². The van der Waals surface area contributed by atoms with Crippen molar-refractivity contribution in [1.29, 1.82) is 0 Å². The Hall–Kier alpha value is -3.74. The number of Topliss-reactive ketones (excluding diaryl/α,β-unsaturated/α-hetero) is 1. The van der Waals surface area contributed by atoms with Gasteiger partial charge < -0.3 is 9.63 Å². The molecule has 0 spiro atoms. The van der Waals surface area contributed by atoms with Crippen LogP contribution in [0, 0.1) is 5.82 Å². The van der Waals surface area contributed by atoms with Gasteiger partial charge in [0.2, 0.25) is 0 Å². The molecule has 2 heterocycles. The van der Waals surface area contributed by atoms with Gasteiger partial charge in [0, 0.05) is 17.0 Å². The van der Waals surface area contributed by atoms with Crippen LogP contribution < -0.4 is 4.90 Å². The zero-order chi connectivity index (χ0) is 22.3. The zero-order valence-corrected chi connectivity index (χ0v) is 17.3. The number of carbonyl (C=O) groups excluding carboxylic acids is 2. The van der Waals surface area contributed by atoms with Gasteiger partial charge >= 0.3 is 5.91 Å². The first-order valence-corrected chi connectivity index (χ1v) is 9.77. The third-order valence-corrected chi connectivity index (χ3v) is 5.16. The van der Waals surface area contributed by atoms with Crippen LogP contribution in [0.25, 0.3) is 5.76 Å². The van der Waals surface area contributed by atoms with Crippen LogP contribution in [0.1, 0.15) is 43.7 Å². The Bertz CT molecular complexity index is 1170. The molecule has 1 N–H and O–H groups in total. The minimum absolute atomic E-state index is 0.0943. The summed E-state index contributed by atoms with van der Waals surface area (Å²) < 4.78 is 19.0. The first kappa shape index (κ1) is 20.5. The second-order valence-electron chi connectivity index (χ2n) is 8.39. The molecule has 31 heavy (non-hydrogen) atoms. The Morgan fingerprint density at radius 3 is 2.29 bits per heavy atom. The number of aliphatic hydroxyl groups excluding tert-OH is 1. The molecule has 1 atom stereocenters. The van der Waals surface area contributed by atoms with Crippen molar-refractivity contribution in [1.82, 2.24) is 5.16 Å². The lowest BCUT2D eigenvalue weighted by Gasteiger charge is -2.23. The lowest BCUT2D eigenvalue weighted by atomic mass is 9.93. The van der Waals surface area contributed by atoms with Gasteiger partial charge in [-0.05, 0) is 17.7 Å². The molecule has 7 heteroatoms. The Morgan fingerprint density at radius 2 is 1.71 bits per heavy atom. The Kier molecular flexibility index (Phi) is 4.97. The van der Waals surface area contributed by atoms with Gasteiger partial charge in [-0.2, -0.15) is 0 Å². The van der Waals surface area contributed by atoms with E-state index in [9.17, 15) is 19.1 Å². The van der Waals surface area contributed by atoms with Gasteiger partial charge in [0.25, 0.3) is 5.78 Å². The van der Waals surface area contributed by atoms with Crippen LogP contribution in [-0.4, -0.2) is 22.0 Å². The molecule has 1 aliphatic heterocycles. The maximum atomic E-state index is 13.6. The molecule has 2 aromatic carbocycles. The SMILES string of the molecule is CC(C)(C)c1cc(N2C(=O)C(=O)C(=C(O)c3ccccc3)[C@H]2c2ccc(F)cc2)no1. The predicted molar refractivity (Wildman–Crippen MR) is 113 cm³/mol. The third kappa shape index (κ3) is 3.63. The molecule has 1 fully saturated rings. The van der Waals surface area contributed by atoms with Crippen LogP contribution in [0.2, 0.25) is 0 Å². The molecular formula is C24H21FN2O4. The molecule has 0 bridgehead atoms. The van der Waals surface area contributed by atoms with Crippen LogP contribution in [-0.2, 0) is 15.0 Å². The van der Waals surface area contributed by atoms with Crippen molar-refractivity contribution in [2.75, 3.05) is 4.90 Å². The molecule has 1 saturated heterocycles. The lowest BCUT2D eigenvalue weighted by Crippen LogP contribution is -2.29. The first-order valence-electron chi connectivity index (χ1n) is 9.77. The average molecular weight is 420 g/mol. The van der Waals surface area contributed by atoms with Gasteiger partial charge in [-0.1, -0.05) is 68.4 Å². The molecule has 3 aromatic rings. The second-order valence-corrected chi connectivity index (χ2v) is 8.39. The highest BCUT2D eigenvalue weighted by atomic mass is 19.1. The van der Waals surface area contributed by atoms with Crippen molar-refractivity contribution in [3.8, 4) is 0 Å². The quantitative estimate of drug-likeness (QED) is 0.376.